The molecule has 0 aliphatic heterocycles. The lowest BCUT2D eigenvalue weighted by atomic mass is 9.83. The van der Waals surface area contributed by atoms with Crippen LogP contribution >= 0.6 is 11.6 Å². The molecule has 8 heteroatoms. The third kappa shape index (κ3) is 5.67. The fourth-order valence-corrected chi connectivity index (χ4v) is 4.68. The fraction of sp³-hybridized carbons (Fsp3) is 0.172. The molecule has 4 aromatic rings. The Morgan fingerprint density at radius 2 is 1.73 bits per heavy atom. The number of benzene rings is 3. The maximum atomic E-state index is 15.1. The number of carboxylic acid groups (broad SMARTS) is 1. The Labute approximate surface area is 218 Å². The van der Waals surface area contributed by atoms with Gasteiger partial charge in [0.25, 0.3) is 0 Å². The minimum absolute atomic E-state index is 0.173. The fourth-order valence-electron chi connectivity index (χ4n) is 4.52. The first kappa shape index (κ1) is 26.0. The summed E-state index contributed by atoms with van der Waals surface area (Å²) in [5, 5.41) is 12.8. The molecular formula is C29H24ClFN2O4. The van der Waals surface area contributed by atoms with Gasteiger partial charge >= 0.3 is 5.97 Å². The van der Waals surface area contributed by atoms with E-state index in [0.717, 1.165) is 22.3 Å². The number of pyridine rings is 1. The van der Waals surface area contributed by atoms with Crippen LogP contribution in [-0.2, 0) is 7.05 Å². The maximum absolute atomic E-state index is 15.1. The van der Waals surface area contributed by atoms with Crippen LogP contribution in [0.5, 0.6) is 0 Å². The molecule has 0 fully saturated rings. The van der Waals surface area contributed by atoms with Crippen LogP contribution in [0.1, 0.15) is 51.0 Å². The van der Waals surface area contributed by atoms with Crippen LogP contribution in [0.25, 0.3) is 11.1 Å². The monoisotopic (exact) mass is 518 g/mol. The van der Waals surface area contributed by atoms with E-state index in [4.69, 9.17) is 11.6 Å². The zero-order valence-corrected chi connectivity index (χ0v) is 20.9. The summed E-state index contributed by atoms with van der Waals surface area (Å²) in [4.78, 5) is 35.0. The van der Waals surface area contributed by atoms with Crippen molar-refractivity contribution in [3.63, 3.8) is 0 Å². The Bertz CT molecular complexity index is 1530. The van der Waals surface area contributed by atoms with E-state index in [-0.39, 0.29) is 22.6 Å². The SMILES string of the molecule is Cc1cc(C(=O)O)ccc1-c1ccc(C(CC(N=O)c2ccc(=O)n(C)c2)c2ccc(Cl)cc2F)cc1. The van der Waals surface area contributed by atoms with Gasteiger partial charge in [-0.1, -0.05) is 53.2 Å². The molecule has 0 aliphatic rings. The van der Waals surface area contributed by atoms with E-state index in [9.17, 15) is 19.6 Å². The van der Waals surface area contributed by atoms with Gasteiger partial charge in [-0.25, -0.2) is 9.18 Å². The predicted octanol–water partition coefficient (Wildman–Crippen LogP) is 6.88. The Morgan fingerprint density at radius 3 is 2.32 bits per heavy atom. The Balaban J connectivity index is 1.74. The van der Waals surface area contributed by atoms with E-state index >= 15 is 4.39 Å². The number of halogens is 2. The summed E-state index contributed by atoms with van der Waals surface area (Å²) in [7, 11) is 1.59. The number of carbonyl (C=O) groups is 1. The van der Waals surface area contributed by atoms with Crippen molar-refractivity contribution in [2.45, 2.75) is 25.3 Å². The number of aryl methyl sites for hydroxylation is 2. The molecule has 2 atom stereocenters. The van der Waals surface area contributed by atoms with Crippen molar-refractivity contribution < 1.29 is 14.3 Å². The van der Waals surface area contributed by atoms with Crippen LogP contribution < -0.4 is 5.56 Å². The van der Waals surface area contributed by atoms with Crippen LogP contribution in [-0.4, -0.2) is 15.6 Å². The molecule has 3 aromatic carbocycles. The number of nitroso groups, excluding NO2 is 1. The van der Waals surface area contributed by atoms with Gasteiger partial charge in [0.2, 0.25) is 5.56 Å². The third-order valence-electron chi connectivity index (χ3n) is 6.52. The first-order chi connectivity index (χ1) is 17.7. The van der Waals surface area contributed by atoms with Gasteiger partial charge in [0, 0.05) is 30.3 Å². The van der Waals surface area contributed by atoms with Gasteiger partial charge in [-0.3, -0.25) is 4.79 Å². The average molecular weight is 519 g/mol. The lowest BCUT2D eigenvalue weighted by Crippen LogP contribution is -2.16. The van der Waals surface area contributed by atoms with E-state index in [1.165, 1.54) is 16.7 Å². The topological polar surface area (TPSA) is 88.7 Å². The van der Waals surface area contributed by atoms with E-state index in [1.54, 1.807) is 49.6 Å². The molecule has 6 nitrogen and oxygen atoms in total. The van der Waals surface area contributed by atoms with Gasteiger partial charge in [0.05, 0.1) is 5.56 Å². The van der Waals surface area contributed by atoms with Crippen LogP contribution in [0, 0.1) is 17.6 Å². The molecule has 0 saturated heterocycles. The molecule has 0 aliphatic carbocycles. The number of rotatable bonds is 8. The van der Waals surface area contributed by atoms with Crippen LogP contribution in [0.15, 0.2) is 89.0 Å². The van der Waals surface area contributed by atoms with E-state index in [2.05, 4.69) is 5.18 Å². The number of aromatic carboxylic acids is 1. The first-order valence-electron chi connectivity index (χ1n) is 11.6. The summed E-state index contributed by atoms with van der Waals surface area (Å²) < 4.78 is 16.4. The first-order valence-corrected chi connectivity index (χ1v) is 11.9. The molecule has 0 saturated carbocycles. The molecule has 4 rings (SSSR count). The second kappa shape index (κ2) is 10.9. The number of aromatic nitrogens is 1. The van der Waals surface area contributed by atoms with Gasteiger partial charge in [-0.2, -0.15) is 4.91 Å². The summed E-state index contributed by atoms with van der Waals surface area (Å²) in [5.74, 6) is -2.01. The summed E-state index contributed by atoms with van der Waals surface area (Å²) in [6.07, 6.45) is 1.74. The third-order valence-corrected chi connectivity index (χ3v) is 6.75. The molecule has 0 spiro atoms. The number of hydrogen-bond donors (Lipinski definition) is 1. The standard InChI is InChI=1S/C29H24ClFN2O4/c1-17-13-20(29(35)36)7-10-23(17)18-3-5-19(6-4-18)25(24-11-9-22(30)14-26(24)31)15-27(32-37)21-8-12-28(34)33(2)16-21/h3-14,16,25,27H,15H2,1-2H3,(H,35,36). The predicted molar refractivity (Wildman–Crippen MR) is 142 cm³/mol. The highest BCUT2D eigenvalue weighted by Gasteiger charge is 2.25. The van der Waals surface area contributed by atoms with Crippen molar-refractivity contribution in [1.29, 1.82) is 0 Å². The van der Waals surface area contributed by atoms with E-state index < -0.39 is 23.7 Å². The molecule has 1 aromatic heterocycles. The highest BCUT2D eigenvalue weighted by atomic mass is 35.5. The Hall–Kier alpha value is -4.10. The normalized spacial score (nSPS) is 12.6. The van der Waals surface area contributed by atoms with E-state index in [0.29, 0.717) is 11.1 Å². The van der Waals surface area contributed by atoms with Crippen LogP contribution in [0.2, 0.25) is 5.02 Å². The quantitative estimate of drug-likeness (QED) is 0.257. The summed E-state index contributed by atoms with van der Waals surface area (Å²) in [5.41, 5.74) is 4.26. The molecule has 2 unspecified atom stereocenters. The Kier molecular flexibility index (Phi) is 7.64. The van der Waals surface area contributed by atoms with Gasteiger partial charge in [-0.05, 0) is 77.1 Å². The van der Waals surface area contributed by atoms with Gasteiger partial charge in [0.1, 0.15) is 11.9 Å². The second-order valence-electron chi connectivity index (χ2n) is 8.94. The lowest BCUT2D eigenvalue weighted by molar-refractivity contribution is 0.0697. The summed E-state index contributed by atoms with van der Waals surface area (Å²) in [6, 6.07) is 19.0. The van der Waals surface area contributed by atoms with Crippen molar-refractivity contribution in [3.05, 3.63) is 133 Å². The summed E-state index contributed by atoms with van der Waals surface area (Å²) >= 11 is 5.99. The van der Waals surface area contributed by atoms with E-state index in [1.807, 2.05) is 31.2 Å². The minimum Gasteiger partial charge on any atom is -0.478 e. The molecule has 0 amide bonds. The molecule has 37 heavy (non-hydrogen) atoms. The highest BCUT2D eigenvalue weighted by Crippen LogP contribution is 2.38. The Morgan fingerprint density at radius 1 is 1.03 bits per heavy atom. The van der Waals surface area contributed by atoms with Crippen LogP contribution in [0.4, 0.5) is 4.39 Å². The molecular weight excluding hydrogens is 495 g/mol. The molecule has 188 valence electrons. The second-order valence-corrected chi connectivity index (χ2v) is 9.38. The van der Waals surface area contributed by atoms with Gasteiger partial charge in [-0.15, -0.1) is 0 Å². The smallest absolute Gasteiger partial charge is 0.335 e. The van der Waals surface area contributed by atoms with Crippen molar-refractivity contribution >= 4 is 17.6 Å². The summed E-state index contributed by atoms with van der Waals surface area (Å²) in [6.45, 7) is 1.84. The lowest BCUT2D eigenvalue weighted by Gasteiger charge is -2.22. The highest BCUT2D eigenvalue weighted by molar-refractivity contribution is 6.30. The zero-order chi connectivity index (χ0) is 26.7. The zero-order valence-electron chi connectivity index (χ0n) is 20.2. The minimum atomic E-state index is -0.991. The largest absolute Gasteiger partial charge is 0.478 e. The van der Waals surface area contributed by atoms with Crippen LogP contribution in [0.3, 0.4) is 0 Å². The molecule has 1 N–H and O–H groups in total. The van der Waals surface area contributed by atoms with Gasteiger partial charge in [0.15, 0.2) is 0 Å². The molecule has 1 heterocycles. The maximum Gasteiger partial charge on any atom is 0.335 e. The number of carboxylic acids is 1. The van der Waals surface area contributed by atoms with Gasteiger partial charge < -0.3 is 9.67 Å². The van der Waals surface area contributed by atoms with Crippen molar-refractivity contribution in [1.82, 2.24) is 4.57 Å². The molecule has 0 bridgehead atoms. The number of nitrogens with zero attached hydrogens (tertiary/aromatic N) is 2. The van der Waals surface area contributed by atoms with Crippen molar-refractivity contribution in [2.24, 2.45) is 12.2 Å². The molecule has 0 radical (unpaired) electrons. The number of hydrogen-bond acceptors (Lipinski definition) is 4. The van der Waals surface area contributed by atoms with Crippen molar-refractivity contribution in [2.75, 3.05) is 0 Å². The average Bonchev–Trinajstić information content (AvgIpc) is 2.87. The van der Waals surface area contributed by atoms with Crippen molar-refractivity contribution in [3.8, 4) is 11.1 Å².